The van der Waals surface area contributed by atoms with Crippen LogP contribution in [0.3, 0.4) is 0 Å². The molecule has 86 valence electrons. The Morgan fingerprint density at radius 2 is 1.06 bits per heavy atom. The average molecular weight is 240 g/mol. The Bertz CT molecular complexity index is 441. The zero-order valence-electron chi connectivity index (χ0n) is 9.76. The van der Waals surface area contributed by atoms with E-state index in [0.29, 0.717) is 0 Å². The van der Waals surface area contributed by atoms with Crippen LogP contribution in [-0.4, -0.2) is 13.1 Å². The summed E-state index contributed by atoms with van der Waals surface area (Å²) >= 11 is 0. The van der Waals surface area contributed by atoms with Crippen LogP contribution >= 0.6 is 0 Å². The molecule has 0 aliphatic heterocycles. The molecule has 1 nitrogen and oxygen atoms in total. The van der Waals surface area contributed by atoms with Crippen molar-refractivity contribution in [3.8, 4) is 0 Å². The predicted molar refractivity (Wildman–Crippen MR) is 73.5 cm³/mol. The maximum atomic E-state index is 11.3. The molecule has 0 bridgehead atoms. The zero-order chi connectivity index (χ0) is 11.7. The largest absolute Gasteiger partial charge is 0.421 e. The molecule has 0 unspecified atom stereocenters. The van der Waals surface area contributed by atoms with Gasteiger partial charge in [0.15, 0.2) is 0 Å². The van der Waals surface area contributed by atoms with E-state index in [1.165, 1.54) is 15.6 Å². The van der Waals surface area contributed by atoms with Crippen molar-refractivity contribution in [2.24, 2.45) is 0 Å². The standard InChI is InChI=1S/C15H16OSi/c16-17(13-7-1-2-8-13,14-9-3-4-10-14)15-11-5-6-12-15/h1-7,9,11,16H,8,10,12H2. The van der Waals surface area contributed by atoms with E-state index in [9.17, 15) is 4.80 Å². The smallest absolute Gasteiger partial charge is 0.274 e. The number of allylic oxidation sites excluding steroid dienone is 12. The minimum Gasteiger partial charge on any atom is -0.421 e. The van der Waals surface area contributed by atoms with Gasteiger partial charge in [0.25, 0.3) is 8.32 Å². The first-order chi connectivity index (χ1) is 8.32. The Morgan fingerprint density at radius 1 is 0.706 bits per heavy atom. The molecule has 0 aromatic carbocycles. The monoisotopic (exact) mass is 240 g/mol. The van der Waals surface area contributed by atoms with Crippen LogP contribution in [0.2, 0.25) is 0 Å². The van der Waals surface area contributed by atoms with E-state index in [1.807, 2.05) is 0 Å². The van der Waals surface area contributed by atoms with E-state index >= 15 is 0 Å². The fraction of sp³-hybridized carbons (Fsp3) is 0.200. The van der Waals surface area contributed by atoms with E-state index < -0.39 is 8.32 Å². The van der Waals surface area contributed by atoms with Crippen molar-refractivity contribution >= 4 is 8.32 Å². The van der Waals surface area contributed by atoms with Gasteiger partial charge in [0.05, 0.1) is 0 Å². The highest BCUT2D eigenvalue weighted by Gasteiger charge is 2.43. The third-order valence-electron chi connectivity index (χ3n) is 3.71. The van der Waals surface area contributed by atoms with Crippen LogP contribution in [0.4, 0.5) is 0 Å². The van der Waals surface area contributed by atoms with Gasteiger partial charge in [-0.2, -0.15) is 0 Å². The van der Waals surface area contributed by atoms with Crippen molar-refractivity contribution in [1.82, 2.24) is 0 Å². The molecule has 0 atom stereocenters. The molecule has 0 saturated carbocycles. The van der Waals surface area contributed by atoms with E-state index in [0.717, 1.165) is 19.3 Å². The lowest BCUT2D eigenvalue weighted by molar-refractivity contribution is 0.561. The Morgan fingerprint density at radius 3 is 1.29 bits per heavy atom. The lowest BCUT2D eigenvalue weighted by Crippen LogP contribution is -2.42. The molecule has 0 aromatic rings. The number of rotatable bonds is 3. The molecule has 3 aliphatic rings. The molecule has 0 aromatic heterocycles. The summed E-state index contributed by atoms with van der Waals surface area (Å²) in [4.78, 5) is 11.3. The topological polar surface area (TPSA) is 20.2 Å². The van der Waals surface area contributed by atoms with E-state index in [-0.39, 0.29) is 0 Å². The molecule has 2 heteroatoms. The first-order valence-corrected chi connectivity index (χ1v) is 8.07. The van der Waals surface area contributed by atoms with Gasteiger partial charge in [-0.1, -0.05) is 54.7 Å². The molecular formula is C15H16OSi. The second-order valence-corrected chi connectivity index (χ2v) is 8.03. The summed E-state index contributed by atoms with van der Waals surface area (Å²) in [6.45, 7) is 0. The van der Waals surface area contributed by atoms with Gasteiger partial charge in [-0.15, -0.1) is 0 Å². The Balaban J connectivity index is 2.01. The van der Waals surface area contributed by atoms with Gasteiger partial charge in [-0.25, -0.2) is 0 Å². The third kappa shape index (κ3) is 1.64. The van der Waals surface area contributed by atoms with Crippen molar-refractivity contribution in [2.75, 3.05) is 0 Å². The van der Waals surface area contributed by atoms with Crippen LogP contribution < -0.4 is 0 Å². The maximum absolute atomic E-state index is 11.3. The Labute approximate surface area is 103 Å². The molecule has 3 aliphatic carbocycles. The minimum absolute atomic E-state index is 0.914. The van der Waals surface area contributed by atoms with E-state index in [4.69, 9.17) is 0 Å². The molecule has 0 spiro atoms. The normalized spacial score (nSPS) is 22.1. The molecule has 1 N–H and O–H groups in total. The van der Waals surface area contributed by atoms with Crippen molar-refractivity contribution in [3.05, 3.63) is 70.3 Å². The summed E-state index contributed by atoms with van der Waals surface area (Å²) in [6.07, 6.45) is 21.7. The molecule has 0 saturated heterocycles. The van der Waals surface area contributed by atoms with Gasteiger partial charge in [0.2, 0.25) is 0 Å². The summed E-state index contributed by atoms with van der Waals surface area (Å²) in [5.41, 5.74) is 0. The van der Waals surface area contributed by atoms with Crippen molar-refractivity contribution in [3.63, 3.8) is 0 Å². The third-order valence-corrected chi connectivity index (χ3v) is 7.61. The van der Waals surface area contributed by atoms with Crippen LogP contribution in [0, 0.1) is 0 Å². The molecule has 3 rings (SSSR count). The molecule has 0 heterocycles. The number of hydrogen-bond donors (Lipinski definition) is 1. The average Bonchev–Trinajstić information content (AvgIpc) is 3.10. The highest BCUT2D eigenvalue weighted by molar-refractivity contribution is 6.92. The lowest BCUT2D eigenvalue weighted by atomic mass is 10.4. The Hall–Kier alpha value is -1.38. The summed E-state index contributed by atoms with van der Waals surface area (Å²) in [5.74, 6) is 0. The van der Waals surface area contributed by atoms with Gasteiger partial charge >= 0.3 is 0 Å². The highest BCUT2D eigenvalue weighted by Crippen LogP contribution is 2.38. The van der Waals surface area contributed by atoms with E-state index in [1.54, 1.807) is 0 Å². The number of hydrogen-bond acceptors (Lipinski definition) is 1. The minimum atomic E-state index is -2.55. The van der Waals surface area contributed by atoms with Crippen LogP contribution in [0.5, 0.6) is 0 Å². The van der Waals surface area contributed by atoms with Crippen LogP contribution in [0.25, 0.3) is 0 Å². The predicted octanol–water partition coefficient (Wildman–Crippen LogP) is 3.20. The van der Waals surface area contributed by atoms with Gasteiger partial charge in [-0.05, 0) is 34.9 Å². The summed E-state index contributed by atoms with van der Waals surface area (Å²) in [7, 11) is -2.55. The summed E-state index contributed by atoms with van der Waals surface area (Å²) < 4.78 is 0. The summed E-state index contributed by atoms with van der Waals surface area (Å²) in [5, 5.41) is 3.72. The fourth-order valence-electron chi connectivity index (χ4n) is 2.77. The first-order valence-electron chi connectivity index (χ1n) is 6.13. The second-order valence-electron chi connectivity index (χ2n) is 4.68. The zero-order valence-corrected chi connectivity index (χ0v) is 10.8. The fourth-order valence-corrected chi connectivity index (χ4v) is 6.25. The Kier molecular flexibility index (Phi) is 2.61. The van der Waals surface area contributed by atoms with Gasteiger partial charge in [0.1, 0.15) is 0 Å². The molecule has 0 fully saturated rings. The van der Waals surface area contributed by atoms with E-state index in [2.05, 4.69) is 54.7 Å². The molecule has 17 heavy (non-hydrogen) atoms. The van der Waals surface area contributed by atoms with Crippen molar-refractivity contribution in [2.45, 2.75) is 19.3 Å². The molecule has 0 radical (unpaired) electrons. The van der Waals surface area contributed by atoms with Gasteiger partial charge in [-0.3, -0.25) is 0 Å². The van der Waals surface area contributed by atoms with Crippen LogP contribution in [0.15, 0.2) is 70.3 Å². The SMILES string of the molecule is O[Si](C1=CC=CC1)(C1=CC=CC1)C1=CC=CC1. The molecule has 0 amide bonds. The van der Waals surface area contributed by atoms with Crippen molar-refractivity contribution in [1.29, 1.82) is 0 Å². The van der Waals surface area contributed by atoms with Gasteiger partial charge in [0, 0.05) is 0 Å². The summed E-state index contributed by atoms with van der Waals surface area (Å²) in [6, 6.07) is 0. The highest BCUT2D eigenvalue weighted by atomic mass is 28.4. The molecular weight excluding hydrogens is 224 g/mol. The second kappa shape index (κ2) is 4.13. The lowest BCUT2D eigenvalue weighted by Gasteiger charge is -2.30. The van der Waals surface area contributed by atoms with Crippen LogP contribution in [-0.2, 0) is 0 Å². The van der Waals surface area contributed by atoms with Crippen LogP contribution in [0.1, 0.15) is 19.3 Å². The quantitative estimate of drug-likeness (QED) is 0.751. The maximum Gasteiger partial charge on any atom is 0.274 e. The van der Waals surface area contributed by atoms with Crippen molar-refractivity contribution < 1.29 is 4.80 Å². The first kappa shape index (κ1) is 10.8. The van der Waals surface area contributed by atoms with Gasteiger partial charge < -0.3 is 4.80 Å².